The Kier molecular flexibility index (Phi) is 7.09. The number of hydrogen-bond donors (Lipinski definition) is 3. The maximum Gasteiger partial charge on any atom is 0.573 e. The average Bonchev–Trinajstić information content (AvgIpc) is 2.71. The third kappa shape index (κ3) is 5.57. The van der Waals surface area contributed by atoms with Crippen molar-refractivity contribution in [2.45, 2.75) is 48.6 Å². The van der Waals surface area contributed by atoms with Gasteiger partial charge in [-0.2, -0.15) is 0 Å². The summed E-state index contributed by atoms with van der Waals surface area (Å²) < 4.78 is 67.6. The number of rotatable bonds is 5. The normalized spacial score (nSPS) is 15.2. The minimum atomic E-state index is -4.97. The third-order valence-corrected chi connectivity index (χ3v) is 7.73. The summed E-state index contributed by atoms with van der Waals surface area (Å²) in [5.74, 6) is -1.38. The van der Waals surface area contributed by atoms with E-state index in [-0.39, 0.29) is 16.4 Å². The number of hydrogen-bond acceptors (Lipinski definition) is 5. The van der Waals surface area contributed by atoms with Crippen LogP contribution < -0.4 is 15.4 Å². The van der Waals surface area contributed by atoms with E-state index in [4.69, 9.17) is 11.6 Å². The predicted octanol–water partition coefficient (Wildman–Crippen LogP) is 5.69. The molecule has 2 aromatic carbocycles. The van der Waals surface area contributed by atoms with Gasteiger partial charge in [0.1, 0.15) is 4.90 Å². The molecule has 1 saturated carbocycles. The van der Waals surface area contributed by atoms with Crippen LogP contribution in [0, 0.1) is 0 Å². The fourth-order valence-electron chi connectivity index (χ4n) is 3.52. The maximum absolute atomic E-state index is 13.0. The van der Waals surface area contributed by atoms with Gasteiger partial charge in [-0.3, -0.25) is 0 Å². The molecule has 7 nitrogen and oxygen atoms in total. The van der Waals surface area contributed by atoms with Gasteiger partial charge in [-0.25, -0.2) is 13.2 Å². The summed E-state index contributed by atoms with van der Waals surface area (Å²) in [6.07, 6.45) is -1.69. The molecule has 174 valence electrons. The lowest BCUT2D eigenvalue weighted by Gasteiger charge is -2.23. The first-order valence-corrected chi connectivity index (χ1v) is 11.6. The Morgan fingerprint density at radius 2 is 1.66 bits per heavy atom. The zero-order valence-corrected chi connectivity index (χ0v) is 18.1. The number of benzene rings is 2. The van der Waals surface area contributed by atoms with Crippen LogP contribution in [0.25, 0.3) is 0 Å². The van der Waals surface area contributed by atoms with Crippen LogP contribution in [0.4, 0.5) is 29.3 Å². The smallest absolute Gasteiger partial charge is 0.504 e. The Morgan fingerprint density at radius 1 is 1.03 bits per heavy atom. The molecule has 0 atom stereocenters. The molecule has 0 aliphatic heterocycles. The Labute approximate surface area is 187 Å². The van der Waals surface area contributed by atoms with Crippen molar-refractivity contribution in [3.05, 3.63) is 41.4 Å². The first-order chi connectivity index (χ1) is 15.0. The highest BCUT2D eigenvalue weighted by atomic mass is 35.5. The molecule has 2 amide bonds. The van der Waals surface area contributed by atoms with Crippen LogP contribution in [0.2, 0.25) is 5.02 Å². The number of ether oxygens (including phenoxy) is 1. The predicted molar refractivity (Wildman–Crippen MR) is 113 cm³/mol. The molecule has 0 unspecified atom stereocenters. The first-order valence-electron chi connectivity index (χ1n) is 9.67. The standard InChI is InChI=1S/C20H20ClF3N2O5S/c21-13-10-11-15(17(27)18(13)32(29,30)12-6-2-1-3-7-12)26-19(28)25-14-8-4-5-9-16(14)31-20(22,23)24/h4-5,8-12,27H,1-3,6-7H2,(H2,25,26,28). The minimum Gasteiger partial charge on any atom is -0.504 e. The van der Waals surface area contributed by atoms with Gasteiger partial charge in [0.2, 0.25) is 0 Å². The number of para-hydroxylation sites is 2. The first kappa shape index (κ1) is 24.0. The van der Waals surface area contributed by atoms with Crippen LogP contribution in [0.1, 0.15) is 32.1 Å². The van der Waals surface area contributed by atoms with Gasteiger partial charge in [-0.1, -0.05) is 43.0 Å². The number of urea groups is 1. The Balaban J connectivity index is 1.83. The summed E-state index contributed by atoms with van der Waals surface area (Å²) in [6.45, 7) is 0. The average molecular weight is 493 g/mol. The van der Waals surface area contributed by atoms with Crippen LogP contribution in [0.3, 0.4) is 0 Å². The summed E-state index contributed by atoms with van der Waals surface area (Å²) >= 11 is 6.06. The van der Waals surface area contributed by atoms with Gasteiger partial charge >= 0.3 is 12.4 Å². The zero-order chi connectivity index (χ0) is 23.5. The van der Waals surface area contributed by atoms with Crippen molar-refractivity contribution in [1.29, 1.82) is 0 Å². The van der Waals surface area contributed by atoms with Crippen molar-refractivity contribution < 1.29 is 36.2 Å². The number of sulfone groups is 1. The molecule has 0 saturated heterocycles. The van der Waals surface area contributed by atoms with Gasteiger partial charge in [0.15, 0.2) is 21.3 Å². The quantitative estimate of drug-likeness (QED) is 0.465. The Bertz CT molecular complexity index is 1100. The molecule has 0 spiro atoms. The van der Waals surface area contributed by atoms with Crippen molar-refractivity contribution in [2.24, 2.45) is 0 Å². The van der Waals surface area contributed by atoms with E-state index in [9.17, 15) is 31.5 Å². The molecular weight excluding hydrogens is 473 g/mol. The van der Waals surface area contributed by atoms with E-state index in [1.165, 1.54) is 30.3 Å². The van der Waals surface area contributed by atoms with Gasteiger partial charge in [0, 0.05) is 0 Å². The van der Waals surface area contributed by atoms with Crippen molar-refractivity contribution in [2.75, 3.05) is 10.6 Å². The molecule has 3 N–H and O–H groups in total. The fraction of sp³-hybridized carbons (Fsp3) is 0.350. The number of amides is 2. The summed E-state index contributed by atoms with van der Waals surface area (Å²) in [4.78, 5) is 11.9. The van der Waals surface area contributed by atoms with Crippen molar-refractivity contribution in [3.63, 3.8) is 0 Å². The van der Waals surface area contributed by atoms with Crippen LogP contribution in [0.15, 0.2) is 41.3 Å². The second kappa shape index (κ2) is 9.45. The van der Waals surface area contributed by atoms with Gasteiger partial charge in [-0.15, -0.1) is 13.2 Å². The monoisotopic (exact) mass is 492 g/mol. The fourth-order valence-corrected chi connectivity index (χ4v) is 6.00. The zero-order valence-electron chi connectivity index (χ0n) is 16.6. The molecule has 1 aliphatic rings. The van der Waals surface area contributed by atoms with Crippen LogP contribution >= 0.6 is 11.6 Å². The third-order valence-electron chi connectivity index (χ3n) is 4.97. The summed E-state index contributed by atoms with van der Waals surface area (Å²) in [6, 6.07) is 6.24. The Morgan fingerprint density at radius 3 is 2.31 bits per heavy atom. The number of carbonyl (C=O) groups is 1. The highest BCUT2D eigenvalue weighted by Crippen LogP contribution is 2.41. The molecule has 32 heavy (non-hydrogen) atoms. The Hall–Kier alpha value is -2.66. The van der Waals surface area contributed by atoms with E-state index >= 15 is 0 Å². The van der Waals surface area contributed by atoms with E-state index in [2.05, 4.69) is 15.4 Å². The van der Waals surface area contributed by atoms with Gasteiger partial charge in [-0.05, 0) is 37.1 Å². The topological polar surface area (TPSA) is 105 Å². The minimum absolute atomic E-state index is 0.192. The van der Waals surface area contributed by atoms with Crippen LogP contribution in [-0.2, 0) is 9.84 Å². The highest BCUT2D eigenvalue weighted by Gasteiger charge is 2.34. The number of halogens is 4. The molecule has 2 aromatic rings. The molecule has 0 radical (unpaired) electrons. The van der Waals surface area contributed by atoms with Crippen molar-refractivity contribution in [1.82, 2.24) is 0 Å². The number of phenols is 1. The lowest BCUT2D eigenvalue weighted by atomic mass is 10.0. The van der Waals surface area contributed by atoms with Gasteiger partial charge < -0.3 is 20.5 Å². The van der Waals surface area contributed by atoms with Crippen LogP contribution in [0.5, 0.6) is 11.5 Å². The van der Waals surface area contributed by atoms with Crippen LogP contribution in [-0.4, -0.2) is 31.2 Å². The number of anilines is 2. The largest absolute Gasteiger partial charge is 0.573 e. The van der Waals surface area contributed by atoms with Crippen molar-refractivity contribution in [3.8, 4) is 11.5 Å². The van der Waals surface area contributed by atoms with E-state index in [1.54, 1.807) is 0 Å². The summed E-state index contributed by atoms with van der Waals surface area (Å²) in [5, 5.41) is 14.1. The molecule has 0 heterocycles. The molecule has 0 aromatic heterocycles. The van der Waals surface area contributed by atoms with E-state index in [0.29, 0.717) is 12.8 Å². The summed E-state index contributed by atoms with van der Waals surface area (Å²) in [7, 11) is -3.97. The second-order valence-corrected chi connectivity index (χ2v) is 9.77. The van der Waals surface area contributed by atoms with Crippen molar-refractivity contribution >= 4 is 38.8 Å². The molecule has 0 bridgehead atoms. The molecular formula is C20H20ClF3N2O5S. The lowest BCUT2D eigenvalue weighted by molar-refractivity contribution is -0.274. The number of aromatic hydroxyl groups is 1. The number of phenolic OH excluding ortho intramolecular Hbond substituents is 1. The molecule has 1 aliphatic carbocycles. The second-order valence-electron chi connectivity index (χ2n) is 7.20. The molecule has 12 heteroatoms. The van der Waals surface area contributed by atoms with Gasteiger partial charge in [0.25, 0.3) is 0 Å². The molecule has 3 rings (SSSR count). The summed E-state index contributed by atoms with van der Waals surface area (Å²) in [5.41, 5.74) is -0.554. The lowest BCUT2D eigenvalue weighted by Crippen LogP contribution is -2.25. The number of nitrogens with one attached hydrogen (secondary N) is 2. The van der Waals surface area contributed by atoms with E-state index in [0.717, 1.165) is 25.3 Å². The maximum atomic E-state index is 13.0. The van der Waals surface area contributed by atoms with E-state index < -0.39 is 43.9 Å². The van der Waals surface area contributed by atoms with E-state index in [1.807, 2.05) is 0 Å². The van der Waals surface area contributed by atoms with Gasteiger partial charge in [0.05, 0.1) is 21.6 Å². The molecule has 1 fully saturated rings. The number of carbonyl (C=O) groups excluding carboxylic acids is 1. The number of alkyl halides is 3. The SMILES string of the molecule is O=C(Nc1ccccc1OC(F)(F)F)Nc1ccc(Cl)c(S(=O)(=O)C2CCCCC2)c1O. The highest BCUT2D eigenvalue weighted by molar-refractivity contribution is 7.92.